The largest absolute Gasteiger partial charge is 0.416 e. The molecule has 2 aliphatic rings. The number of aryl methyl sites for hydroxylation is 2. The highest BCUT2D eigenvalue weighted by Crippen LogP contribution is 2.36. The topological polar surface area (TPSA) is 73.9 Å². The van der Waals surface area contributed by atoms with Gasteiger partial charge >= 0.3 is 6.18 Å². The van der Waals surface area contributed by atoms with Crippen LogP contribution in [0.3, 0.4) is 0 Å². The van der Waals surface area contributed by atoms with Crippen molar-refractivity contribution >= 4 is 23.4 Å². The highest BCUT2D eigenvalue weighted by atomic mass is 35.5. The van der Waals surface area contributed by atoms with Crippen LogP contribution in [0.25, 0.3) is 22.3 Å². The van der Waals surface area contributed by atoms with Crippen molar-refractivity contribution in [3.63, 3.8) is 0 Å². The third-order valence-electron chi connectivity index (χ3n) is 6.94. The summed E-state index contributed by atoms with van der Waals surface area (Å²) in [5.41, 5.74) is 1.16. The molecule has 0 N–H and O–H groups in total. The van der Waals surface area contributed by atoms with Crippen LogP contribution in [0.15, 0.2) is 24.3 Å². The molecular formula is C23H25ClF3N7. The molecule has 7 nitrogen and oxygen atoms in total. The summed E-state index contributed by atoms with van der Waals surface area (Å²) in [4.78, 5) is 9.02. The van der Waals surface area contributed by atoms with Gasteiger partial charge in [-0.2, -0.15) is 18.4 Å². The van der Waals surface area contributed by atoms with Crippen molar-refractivity contribution in [3.05, 3.63) is 41.1 Å². The van der Waals surface area contributed by atoms with Gasteiger partial charge in [0.15, 0.2) is 5.69 Å². The fraction of sp³-hybridized carbons (Fsp3) is 0.478. The van der Waals surface area contributed by atoms with Crippen LogP contribution in [0.4, 0.5) is 13.2 Å². The fourth-order valence-corrected chi connectivity index (χ4v) is 5.17. The van der Waals surface area contributed by atoms with E-state index in [9.17, 15) is 18.4 Å². The molecule has 0 aliphatic carbocycles. The van der Waals surface area contributed by atoms with E-state index in [1.54, 1.807) is 25.2 Å². The van der Waals surface area contributed by atoms with E-state index in [0.29, 0.717) is 47.2 Å². The summed E-state index contributed by atoms with van der Waals surface area (Å²) in [5.74, 6) is 0. The number of nitrogens with zero attached hydrogens (tertiary/aromatic N) is 7. The maximum atomic E-state index is 13.9. The van der Waals surface area contributed by atoms with E-state index in [1.165, 1.54) is 4.68 Å². The van der Waals surface area contributed by atoms with E-state index in [-0.39, 0.29) is 23.7 Å². The van der Waals surface area contributed by atoms with Crippen molar-refractivity contribution in [1.29, 1.82) is 5.26 Å². The minimum absolute atomic E-state index is 0. The summed E-state index contributed by atoms with van der Waals surface area (Å²) in [6.07, 6.45) is -2.27. The Morgan fingerprint density at radius 1 is 1.15 bits per heavy atom. The normalized spacial score (nSPS) is 20.6. The second-order valence-electron chi connectivity index (χ2n) is 9.00. The van der Waals surface area contributed by atoms with Crippen molar-refractivity contribution < 1.29 is 13.2 Å². The Balaban J connectivity index is 0.00000274. The molecule has 3 aromatic rings. The Bertz CT molecular complexity index is 1250. The number of aromatic nitrogens is 4. The van der Waals surface area contributed by atoms with Gasteiger partial charge in [-0.25, -0.2) is 9.67 Å². The summed E-state index contributed by atoms with van der Waals surface area (Å²) in [6, 6.07) is 9.02. The van der Waals surface area contributed by atoms with Crippen LogP contribution in [0.5, 0.6) is 0 Å². The number of pyridine rings is 1. The molecule has 11 heteroatoms. The smallest absolute Gasteiger partial charge is 0.301 e. The van der Waals surface area contributed by atoms with Gasteiger partial charge < -0.3 is 4.90 Å². The second kappa shape index (κ2) is 9.13. The van der Waals surface area contributed by atoms with Crippen molar-refractivity contribution in [2.24, 2.45) is 7.05 Å². The molecule has 1 aromatic carbocycles. The molecule has 5 rings (SSSR count). The van der Waals surface area contributed by atoms with Gasteiger partial charge in [-0.3, -0.25) is 4.90 Å². The number of rotatable bonds is 5. The van der Waals surface area contributed by atoms with E-state index < -0.39 is 11.7 Å². The first-order valence-corrected chi connectivity index (χ1v) is 11.0. The standard InChI is InChI=1S/C23H24F3N7.ClH/c1-31-12-17-9-16(31)13-33(17)7-3-4-14-5-6-15(8-18(14)23(24,25)26)19-10-21-22(20(11-27)28-19)29-30-32(21)2;/h5-6,8,10,16-17H,3-4,7,9,12-13H2,1-2H3;1H/t16-,17-;/m0./s1. The fourth-order valence-electron chi connectivity index (χ4n) is 5.17. The monoisotopic (exact) mass is 491 g/mol. The molecular weight excluding hydrogens is 467 g/mol. The minimum Gasteiger partial charge on any atom is -0.301 e. The van der Waals surface area contributed by atoms with Gasteiger partial charge in [0.25, 0.3) is 0 Å². The lowest BCUT2D eigenvalue weighted by Gasteiger charge is -2.31. The van der Waals surface area contributed by atoms with E-state index in [1.807, 2.05) is 6.07 Å². The summed E-state index contributed by atoms with van der Waals surface area (Å²) < 4.78 is 43.3. The number of likely N-dealkylation sites (tertiary alicyclic amines) is 2. The maximum absolute atomic E-state index is 13.9. The summed E-state index contributed by atoms with van der Waals surface area (Å²) >= 11 is 0. The molecule has 0 saturated carbocycles. The number of nitriles is 1. The number of halogens is 4. The molecule has 2 atom stereocenters. The van der Waals surface area contributed by atoms with Crippen molar-refractivity contribution in [2.75, 3.05) is 26.7 Å². The van der Waals surface area contributed by atoms with Crippen molar-refractivity contribution in [2.45, 2.75) is 37.5 Å². The molecule has 2 saturated heterocycles. The molecule has 0 radical (unpaired) electrons. The zero-order chi connectivity index (χ0) is 23.3. The molecule has 4 heterocycles. The third kappa shape index (κ3) is 4.35. The minimum atomic E-state index is -4.48. The maximum Gasteiger partial charge on any atom is 0.416 e. The van der Waals surface area contributed by atoms with Gasteiger partial charge in [-0.05, 0) is 50.6 Å². The zero-order valence-corrected chi connectivity index (χ0v) is 19.7. The second-order valence-corrected chi connectivity index (χ2v) is 9.00. The van der Waals surface area contributed by atoms with Gasteiger partial charge in [0.2, 0.25) is 0 Å². The average Bonchev–Trinajstić information content (AvgIpc) is 3.46. The molecule has 0 spiro atoms. The zero-order valence-electron chi connectivity index (χ0n) is 18.9. The molecule has 2 fully saturated rings. The number of likely N-dealkylation sites (N-methyl/N-ethyl adjacent to an activating group) is 1. The van der Waals surface area contributed by atoms with Gasteiger partial charge in [-0.15, -0.1) is 17.5 Å². The van der Waals surface area contributed by atoms with Gasteiger partial charge in [0, 0.05) is 37.8 Å². The van der Waals surface area contributed by atoms with Crippen LogP contribution in [0.2, 0.25) is 0 Å². The first-order valence-electron chi connectivity index (χ1n) is 11.0. The Hall–Kier alpha value is -2.74. The third-order valence-corrected chi connectivity index (χ3v) is 6.94. The highest BCUT2D eigenvalue weighted by Gasteiger charge is 2.41. The number of alkyl halides is 3. The predicted molar refractivity (Wildman–Crippen MR) is 123 cm³/mol. The molecule has 0 amide bonds. The van der Waals surface area contributed by atoms with Crippen LogP contribution >= 0.6 is 12.4 Å². The van der Waals surface area contributed by atoms with Crippen molar-refractivity contribution in [3.8, 4) is 17.3 Å². The molecule has 34 heavy (non-hydrogen) atoms. The molecule has 0 unspecified atom stereocenters. The lowest BCUT2D eigenvalue weighted by molar-refractivity contribution is -0.138. The lowest BCUT2D eigenvalue weighted by Crippen LogP contribution is -2.44. The van der Waals surface area contributed by atoms with Crippen LogP contribution in [-0.2, 0) is 19.6 Å². The SMILES string of the molecule is CN1C[C@@H]2C[C@H]1CN2CCCc1ccc(-c2cc3c(nnn3C)c(C#N)n2)cc1C(F)(F)F.Cl. The number of hydrogen-bond acceptors (Lipinski definition) is 6. The Labute approximate surface area is 201 Å². The van der Waals surface area contributed by atoms with E-state index >= 15 is 0 Å². The van der Waals surface area contributed by atoms with Crippen LogP contribution < -0.4 is 0 Å². The Morgan fingerprint density at radius 3 is 2.59 bits per heavy atom. The molecule has 2 aromatic heterocycles. The van der Waals surface area contributed by atoms with Gasteiger partial charge in [-0.1, -0.05) is 17.3 Å². The van der Waals surface area contributed by atoms with E-state index in [0.717, 1.165) is 32.1 Å². The van der Waals surface area contributed by atoms with Crippen LogP contribution in [0, 0.1) is 11.3 Å². The Kier molecular flexibility index (Phi) is 6.55. The first-order chi connectivity index (χ1) is 15.7. The number of hydrogen-bond donors (Lipinski definition) is 0. The number of benzene rings is 1. The average molecular weight is 492 g/mol. The van der Waals surface area contributed by atoms with Crippen LogP contribution in [0.1, 0.15) is 29.7 Å². The summed E-state index contributed by atoms with van der Waals surface area (Å²) in [6.45, 7) is 2.86. The van der Waals surface area contributed by atoms with E-state index in [4.69, 9.17) is 0 Å². The lowest BCUT2D eigenvalue weighted by atomic mass is 9.97. The highest BCUT2D eigenvalue weighted by molar-refractivity contribution is 5.85. The molecule has 2 aliphatic heterocycles. The van der Waals surface area contributed by atoms with Crippen LogP contribution in [-0.4, -0.2) is 68.5 Å². The summed E-state index contributed by atoms with van der Waals surface area (Å²) in [5, 5.41) is 17.2. The molecule has 180 valence electrons. The number of piperazine rings is 1. The predicted octanol–water partition coefficient (Wildman–Crippen LogP) is 3.66. The molecule has 2 bridgehead atoms. The Morgan fingerprint density at radius 2 is 1.94 bits per heavy atom. The van der Waals surface area contributed by atoms with Gasteiger partial charge in [0.1, 0.15) is 11.6 Å². The summed E-state index contributed by atoms with van der Waals surface area (Å²) in [7, 11) is 3.80. The quantitative estimate of drug-likeness (QED) is 0.542. The first kappa shape index (κ1) is 24.4. The van der Waals surface area contributed by atoms with Crippen molar-refractivity contribution in [1.82, 2.24) is 29.8 Å². The number of fused-ring (bicyclic) bond motifs is 3. The van der Waals surface area contributed by atoms with E-state index in [2.05, 4.69) is 32.1 Å². The van der Waals surface area contributed by atoms with Gasteiger partial charge in [0.05, 0.1) is 16.8 Å².